The van der Waals surface area contributed by atoms with Crippen LogP contribution >= 0.6 is 23.7 Å². The van der Waals surface area contributed by atoms with Crippen molar-refractivity contribution in [2.24, 2.45) is 5.92 Å². The number of para-hydroxylation sites is 1. The number of nitrogens with one attached hydrogen (secondary N) is 1. The molecule has 1 aromatic carbocycles. The van der Waals surface area contributed by atoms with Crippen LogP contribution in [-0.4, -0.2) is 35.7 Å². The molecule has 2 aliphatic carbocycles. The number of Topliss-reactive ketones (excluding diaryl/α,β-unsaturated/α-hetero) is 1. The van der Waals surface area contributed by atoms with Crippen LogP contribution < -0.4 is 10.1 Å². The molecule has 0 saturated heterocycles. The Morgan fingerprint density at radius 2 is 2.00 bits per heavy atom. The number of aliphatic hydroxyl groups is 1. The van der Waals surface area contributed by atoms with Crippen LogP contribution in [0, 0.1) is 12.8 Å². The number of carbonyl (C=O) groups excluding carboxylic acids is 1. The van der Waals surface area contributed by atoms with Gasteiger partial charge < -0.3 is 15.2 Å². The first kappa shape index (κ1) is 23.3. The monoisotopic (exact) mass is 449 g/mol. The summed E-state index contributed by atoms with van der Waals surface area (Å²) in [5.41, 5.74) is 2.09. The van der Waals surface area contributed by atoms with Gasteiger partial charge in [-0.15, -0.1) is 23.7 Å². The van der Waals surface area contributed by atoms with E-state index in [-0.39, 0.29) is 36.3 Å². The zero-order chi connectivity index (χ0) is 20.5. The molecule has 2 aliphatic rings. The Morgan fingerprint density at radius 1 is 1.23 bits per heavy atom. The van der Waals surface area contributed by atoms with E-state index in [1.807, 2.05) is 24.3 Å². The normalized spacial score (nSPS) is 25.8. The molecule has 6 heteroatoms. The van der Waals surface area contributed by atoms with Gasteiger partial charge in [0.25, 0.3) is 0 Å². The lowest BCUT2D eigenvalue weighted by Crippen LogP contribution is -2.44. The summed E-state index contributed by atoms with van der Waals surface area (Å²) in [5, 5.41) is 14.3. The molecule has 2 N–H and O–H groups in total. The summed E-state index contributed by atoms with van der Waals surface area (Å²) in [6.45, 7) is 7.00. The van der Waals surface area contributed by atoms with Crippen LogP contribution in [0.1, 0.15) is 64.7 Å². The second-order valence-corrected chi connectivity index (χ2v) is 10.1. The maximum Gasteiger partial charge on any atom is 0.168 e. The van der Waals surface area contributed by atoms with Crippen LogP contribution in [0.3, 0.4) is 0 Å². The van der Waals surface area contributed by atoms with E-state index in [1.54, 1.807) is 11.3 Å². The van der Waals surface area contributed by atoms with Crippen molar-refractivity contribution in [3.8, 4) is 5.75 Å². The second kappa shape index (κ2) is 9.82. The van der Waals surface area contributed by atoms with Crippen molar-refractivity contribution in [3.63, 3.8) is 0 Å². The van der Waals surface area contributed by atoms with Gasteiger partial charge in [0.15, 0.2) is 5.78 Å². The van der Waals surface area contributed by atoms with Crippen LogP contribution in [0.4, 0.5) is 0 Å². The molecule has 4 rings (SSSR count). The van der Waals surface area contributed by atoms with E-state index in [0.717, 1.165) is 37.0 Å². The third-order valence-electron chi connectivity index (χ3n) is 6.29. The van der Waals surface area contributed by atoms with Gasteiger partial charge >= 0.3 is 0 Å². The lowest BCUT2D eigenvalue weighted by molar-refractivity contribution is 0.0435. The highest BCUT2D eigenvalue weighted by Crippen LogP contribution is 2.33. The summed E-state index contributed by atoms with van der Waals surface area (Å²) in [6.07, 6.45) is 2.78. The summed E-state index contributed by atoms with van der Waals surface area (Å²) in [6, 6.07) is 10.1. The van der Waals surface area contributed by atoms with E-state index in [9.17, 15) is 9.90 Å². The molecule has 164 valence electrons. The van der Waals surface area contributed by atoms with Gasteiger partial charge in [0.1, 0.15) is 18.0 Å². The smallest absolute Gasteiger partial charge is 0.168 e. The van der Waals surface area contributed by atoms with Crippen molar-refractivity contribution in [3.05, 3.63) is 51.2 Å². The van der Waals surface area contributed by atoms with Crippen LogP contribution in [0.25, 0.3) is 0 Å². The van der Waals surface area contributed by atoms with Crippen molar-refractivity contribution < 1.29 is 14.6 Å². The van der Waals surface area contributed by atoms with Gasteiger partial charge in [-0.3, -0.25) is 4.79 Å². The van der Waals surface area contributed by atoms with Crippen LogP contribution in [0.15, 0.2) is 30.3 Å². The van der Waals surface area contributed by atoms with E-state index < -0.39 is 6.10 Å². The van der Waals surface area contributed by atoms with Crippen molar-refractivity contribution in [2.45, 2.75) is 70.6 Å². The van der Waals surface area contributed by atoms with Crippen molar-refractivity contribution in [1.29, 1.82) is 0 Å². The van der Waals surface area contributed by atoms with E-state index >= 15 is 0 Å². The van der Waals surface area contributed by atoms with Crippen molar-refractivity contribution in [1.82, 2.24) is 5.32 Å². The maximum absolute atomic E-state index is 12.8. The first-order chi connectivity index (χ1) is 13.9. The topological polar surface area (TPSA) is 58.6 Å². The Labute approximate surface area is 189 Å². The Kier molecular flexibility index (Phi) is 7.61. The fourth-order valence-corrected chi connectivity index (χ4v) is 5.68. The number of thiophene rings is 1. The third-order valence-corrected chi connectivity index (χ3v) is 7.40. The quantitative estimate of drug-likeness (QED) is 0.658. The minimum Gasteiger partial charge on any atom is -0.487 e. The van der Waals surface area contributed by atoms with Gasteiger partial charge in [-0.25, -0.2) is 0 Å². The van der Waals surface area contributed by atoms with Crippen molar-refractivity contribution >= 4 is 29.5 Å². The molecule has 0 aliphatic heterocycles. The third kappa shape index (κ3) is 4.75. The summed E-state index contributed by atoms with van der Waals surface area (Å²) >= 11 is 1.75. The largest absolute Gasteiger partial charge is 0.487 e. The molecule has 1 aromatic heterocycles. The van der Waals surface area contributed by atoms with Crippen LogP contribution in [0.2, 0.25) is 0 Å². The minimum absolute atomic E-state index is 0. The number of ether oxygens (including phenoxy) is 1. The number of ketones is 1. The Balaban J connectivity index is 0.00000256. The molecular weight excluding hydrogens is 418 g/mol. The number of hydrogen-bond acceptors (Lipinski definition) is 5. The van der Waals surface area contributed by atoms with E-state index in [1.165, 1.54) is 15.3 Å². The number of aryl methyl sites for hydroxylation is 2. The predicted octanol–water partition coefficient (Wildman–Crippen LogP) is 4.91. The summed E-state index contributed by atoms with van der Waals surface area (Å²) < 4.78 is 6.22. The van der Waals surface area contributed by atoms with Gasteiger partial charge in [-0.2, -0.15) is 0 Å². The highest BCUT2D eigenvalue weighted by Gasteiger charge is 2.37. The standard InChI is InChI=1S/C24H31NO3S.ClH/c1-14(2)17-6-4-5-7-20(17)28-21-10-9-19(24(21)27)25-13-16-8-11-22-18(23(16)26)12-15(3)29-22;/h4-7,12,14,16,19,21,24-25,27H,8-11,13H2,1-3H3;1H. The molecule has 2 aromatic rings. The highest BCUT2D eigenvalue weighted by molar-refractivity contribution is 7.12. The Bertz CT molecular complexity index is 881. The molecule has 0 radical (unpaired) electrons. The zero-order valence-electron chi connectivity index (χ0n) is 17.9. The maximum atomic E-state index is 12.8. The van der Waals surface area contributed by atoms with Crippen LogP contribution in [-0.2, 0) is 6.42 Å². The lowest BCUT2D eigenvalue weighted by atomic mass is 9.87. The first-order valence-electron chi connectivity index (χ1n) is 10.7. The molecule has 0 spiro atoms. The molecular formula is C24H32ClNO3S. The Hall–Kier alpha value is -1.40. The number of rotatable bonds is 6. The fourth-order valence-electron chi connectivity index (χ4n) is 4.63. The van der Waals surface area contributed by atoms with Crippen LogP contribution in [0.5, 0.6) is 5.75 Å². The minimum atomic E-state index is -0.562. The van der Waals surface area contributed by atoms with E-state index in [0.29, 0.717) is 12.5 Å². The summed E-state index contributed by atoms with van der Waals surface area (Å²) in [7, 11) is 0. The number of hydrogen-bond donors (Lipinski definition) is 2. The average Bonchev–Trinajstić information content (AvgIpc) is 3.25. The lowest BCUT2D eigenvalue weighted by Gasteiger charge is -2.26. The second-order valence-electron chi connectivity index (χ2n) is 8.73. The number of aliphatic hydroxyl groups excluding tert-OH is 1. The number of halogens is 1. The molecule has 1 saturated carbocycles. The Morgan fingerprint density at radius 3 is 2.77 bits per heavy atom. The number of carbonyl (C=O) groups is 1. The SMILES string of the molecule is Cc1cc2c(s1)CCC(CNC1CCC(Oc3ccccc3C(C)C)C1O)C2=O.Cl. The molecule has 1 fully saturated rings. The first-order valence-corrected chi connectivity index (χ1v) is 11.6. The van der Waals surface area contributed by atoms with E-state index in [4.69, 9.17) is 4.74 Å². The summed E-state index contributed by atoms with van der Waals surface area (Å²) in [4.78, 5) is 15.3. The van der Waals surface area contributed by atoms with Gasteiger partial charge in [-0.05, 0) is 56.2 Å². The molecule has 4 nitrogen and oxygen atoms in total. The van der Waals surface area contributed by atoms with Gasteiger partial charge in [0, 0.05) is 33.8 Å². The zero-order valence-corrected chi connectivity index (χ0v) is 19.5. The molecule has 0 amide bonds. The average molecular weight is 450 g/mol. The molecule has 1 heterocycles. The van der Waals surface area contributed by atoms with Gasteiger partial charge in [0.2, 0.25) is 0 Å². The molecule has 4 atom stereocenters. The van der Waals surface area contributed by atoms with Gasteiger partial charge in [-0.1, -0.05) is 32.0 Å². The highest BCUT2D eigenvalue weighted by atomic mass is 35.5. The summed E-state index contributed by atoms with van der Waals surface area (Å²) in [5.74, 6) is 1.51. The predicted molar refractivity (Wildman–Crippen MR) is 124 cm³/mol. The number of fused-ring (bicyclic) bond motifs is 1. The molecule has 30 heavy (non-hydrogen) atoms. The van der Waals surface area contributed by atoms with E-state index in [2.05, 4.69) is 32.2 Å². The van der Waals surface area contributed by atoms with Crippen molar-refractivity contribution in [2.75, 3.05) is 6.54 Å². The molecule has 4 unspecified atom stereocenters. The fraction of sp³-hybridized carbons (Fsp3) is 0.542. The molecule has 0 bridgehead atoms. The van der Waals surface area contributed by atoms with Gasteiger partial charge in [0.05, 0.1) is 0 Å². The number of benzene rings is 1.